The summed E-state index contributed by atoms with van der Waals surface area (Å²) in [6, 6.07) is -4.74. The zero-order chi connectivity index (χ0) is 45.5. The van der Waals surface area contributed by atoms with Crippen LogP contribution in [-0.4, -0.2) is 156 Å². The van der Waals surface area contributed by atoms with E-state index in [2.05, 4.69) is 41.2 Å². The highest BCUT2D eigenvalue weighted by Gasteiger charge is 2.29. The van der Waals surface area contributed by atoms with Crippen LogP contribution in [0.4, 0.5) is 0 Å². The second kappa shape index (κ2) is 28.1. The molecule has 0 aliphatic carbocycles. The summed E-state index contributed by atoms with van der Waals surface area (Å²) in [6.45, 7) is -1.24. The lowest BCUT2D eigenvalue weighted by atomic mass is 10.1. The van der Waals surface area contributed by atoms with Crippen LogP contribution in [0.25, 0.3) is 0 Å². The number of hydrogen-bond donors (Lipinski definition) is 10. The molecular weight excluding hydrogens is 881 g/mol. The lowest BCUT2D eigenvalue weighted by molar-refractivity contribution is -0.139. The summed E-state index contributed by atoms with van der Waals surface area (Å²) in [5.74, 6) is -7.79. The van der Waals surface area contributed by atoms with E-state index < -0.39 is 89.4 Å². The van der Waals surface area contributed by atoms with Crippen molar-refractivity contribution in [3.63, 3.8) is 0 Å². The van der Waals surface area contributed by atoms with E-state index in [1.165, 1.54) is 60.1 Å². The average molecular weight is 931 g/mol. The van der Waals surface area contributed by atoms with Gasteiger partial charge in [0.25, 0.3) is 0 Å². The Morgan fingerprint density at radius 1 is 0.656 bits per heavy atom. The molecule has 22 nitrogen and oxygen atoms in total. The summed E-state index contributed by atoms with van der Waals surface area (Å²) >= 11 is 4.92. The molecule has 2 rings (SSSR count). The van der Waals surface area contributed by atoms with Gasteiger partial charge in [-0.3, -0.25) is 48.3 Å². The van der Waals surface area contributed by atoms with Crippen molar-refractivity contribution in [2.24, 2.45) is 11.5 Å². The van der Waals surface area contributed by atoms with Gasteiger partial charge in [0.2, 0.25) is 17.7 Å². The van der Waals surface area contributed by atoms with Gasteiger partial charge in [0, 0.05) is 30.8 Å². The molecule has 0 spiro atoms. The van der Waals surface area contributed by atoms with Crippen LogP contribution in [0.15, 0.2) is 34.8 Å². The molecule has 2 aromatic heterocycles. The van der Waals surface area contributed by atoms with Crippen molar-refractivity contribution < 1.29 is 58.8 Å². The van der Waals surface area contributed by atoms with E-state index in [9.17, 15) is 38.4 Å². The predicted molar refractivity (Wildman–Crippen MR) is 227 cm³/mol. The summed E-state index contributed by atoms with van der Waals surface area (Å²) in [7, 11) is 0. The monoisotopic (exact) mass is 930 g/mol. The van der Waals surface area contributed by atoms with Crippen LogP contribution in [-0.2, 0) is 38.4 Å². The molecule has 0 aromatic carbocycles. The number of nitrogens with zero attached hydrogens (tertiary/aromatic N) is 4. The van der Waals surface area contributed by atoms with Crippen LogP contribution < -0.4 is 32.7 Å². The SMILES string of the molecule is CSc1cnc(C(CC(=O)CC(SCC(NC(=O)CCC(N)C(=O)O)C(=O)NCC(=O)O)c2cnc(SC)cn2)SCC(NCCCC(N)C(=O)O)C(=O)NCC(=O)O)cn1. The van der Waals surface area contributed by atoms with E-state index in [1.54, 1.807) is 6.26 Å². The Kier molecular flexibility index (Phi) is 24.2. The lowest BCUT2D eigenvalue weighted by Crippen LogP contribution is -2.49. The minimum absolute atomic E-state index is 0.0182. The molecule has 61 heavy (non-hydrogen) atoms. The van der Waals surface area contributed by atoms with E-state index in [0.717, 1.165) is 11.8 Å². The van der Waals surface area contributed by atoms with Crippen LogP contribution in [0.5, 0.6) is 0 Å². The Labute approximate surface area is 367 Å². The van der Waals surface area contributed by atoms with E-state index in [-0.39, 0.29) is 62.4 Å². The van der Waals surface area contributed by atoms with Crippen molar-refractivity contribution in [2.45, 2.75) is 83.2 Å². The number of aliphatic carboxylic acids is 4. The molecule has 2 aromatic rings. The van der Waals surface area contributed by atoms with Crippen molar-refractivity contribution in [3.05, 3.63) is 36.2 Å². The van der Waals surface area contributed by atoms with E-state index in [1.807, 2.05) is 6.26 Å². The molecule has 0 aliphatic heterocycles. The van der Waals surface area contributed by atoms with E-state index >= 15 is 0 Å². The normalized spacial score (nSPS) is 14.0. The van der Waals surface area contributed by atoms with Gasteiger partial charge in [-0.05, 0) is 38.3 Å². The number of hydrogen-bond acceptors (Lipinski definition) is 19. The van der Waals surface area contributed by atoms with Crippen molar-refractivity contribution >= 4 is 94.4 Å². The Hall–Kier alpha value is -4.60. The van der Waals surface area contributed by atoms with Gasteiger partial charge in [-0.1, -0.05) is 0 Å². The first-order valence-corrected chi connectivity index (χ1v) is 22.9. The maximum atomic E-state index is 14.1. The predicted octanol–water partition coefficient (Wildman–Crippen LogP) is -0.463. The third kappa shape index (κ3) is 20.7. The molecule has 2 heterocycles. The number of nitrogens with one attached hydrogen (secondary N) is 4. The number of carboxylic acids is 4. The number of ketones is 1. The molecule has 3 amide bonds. The molecule has 0 bridgehead atoms. The number of amides is 3. The van der Waals surface area contributed by atoms with Gasteiger partial charge in [-0.2, -0.15) is 0 Å². The van der Waals surface area contributed by atoms with Gasteiger partial charge in [0.15, 0.2) is 0 Å². The Bertz CT molecular complexity index is 1800. The minimum atomic E-state index is -1.34. The average Bonchev–Trinajstić information content (AvgIpc) is 3.23. The minimum Gasteiger partial charge on any atom is -0.480 e. The third-order valence-corrected chi connectivity index (χ3v) is 12.3. The second-order valence-electron chi connectivity index (χ2n) is 13.0. The van der Waals surface area contributed by atoms with Gasteiger partial charge in [0.1, 0.15) is 47.1 Å². The fraction of sp³-hybridized carbons (Fsp3) is 0.543. The van der Waals surface area contributed by atoms with Crippen LogP contribution in [0.2, 0.25) is 0 Å². The summed E-state index contributed by atoms with van der Waals surface area (Å²) in [5, 5.41) is 46.3. The van der Waals surface area contributed by atoms with Gasteiger partial charge in [0.05, 0.1) is 52.7 Å². The van der Waals surface area contributed by atoms with Crippen molar-refractivity contribution in [1.29, 1.82) is 0 Å². The van der Waals surface area contributed by atoms with Gasteiger partial charge in [-0.25, -0.2) is 9.97 Å². The van der Waals surface area contributed by atoms with Gasteiger partial charge in [-0.15, -0.1) is 47.0 Å². The number of aromatic nitrogens is 4. The van der Waals surface area contributed by atoms with E-state index in [4.69, 9.17) is 31.9 Å². The number of carboxylic acid groups (broad SMARTS) is 4. The van der Waals surface area contributed by atoms with Crippen LogP contribution >= 0.6 is 47.0 Å². The largest absolute Gasteiger partial charge is 0.480 e. The number of thioether (sulfide) groups is 4. The molecule has 0 saturated carbocycles. The number of carbonyl (C=O) groups excluding carboxylic acids is 4. The van der Waals surface area contributed by atoms with Crippen LogP contribution in [0.3, 0.4) is 0 Å². The van der Waals surface area contributed by atoms with Gasteiger partial charge < -0.3 is 53.2 Å². The Morgan fingerprint density at radius 2 is 1.11 bits per heavy atom. The molecule has 6 atom stereocenters. The smallest absolute Gasteiger partial charge is 0.322 e. The maximum absolute atomic E-state index is 14.1. The first-order valence-electron chi connectivity index (χ1n) is 18.4. The van der Waals surface area contributed by atoms with Crippen molar-refractivity contribution in [2.75, 3.05) is 43.7 Å². The summed E-state index contributed by atoms with van der Waals surface area (Å²) in [5.41, 5.74) is 11.9. The molecule has 26 heteroatoms. The molecule has 0 fully saturated rings. The Morgan fingerprint density at radius 3 is 1.54 bits per heavy atom. The molecule has 0 saturated heterocycles. The lowest BCUT2D eigenvalue weighted by Gasteiger charge is -2.23. The highest BCUT2D eigenvalue weighted by Crippen LogP contribution is 2.37. The molecule has 0 aliphatic rings. The van der Waals surface area contributed by atoms with Crippen LogP contribution in [0.1, 0.15) is 60.4 Å². The first-order chi connectivity index (χ1) is 28.9. The number of nitrogens with two attached hydrogens (primary N) is 2. The first kappa shape index (κ1) is 52.5. The fourth-order valence-corrected chi connectivity index (χ4v) is 8.17. The maximum Gasteiger partial charge on any atom is 0.322 e. The molecule has 6 unspecified atom stereocenters. The summed E-state index contributed by atoms with van der Waals surface area (Å²) in [4.78, 5) is 115. The summed E-state index contributed by atoms with van der Waals surface area (Å²) in [6.07, 6.45) is 9.09. The molecule has 336 valence electrons. The second-order valence-corrected chi connectivity index (χ2v) is 17.1. The molecular formula is C35H50N10O12S4. The number of Topliss-reactive ketones (excluding diaryl/α,β-unsaturated/α-hetero) is 1. The zero-order valence-corrected chi connectivity index (χ0v) is 36.4. The summed E-state index contributed by atoms with van der Waals surface area (Å²) < 4.78 is 0. The fourth-order valence-electron chi connectivity index (χ4n) is 5.00. The number of carbonyl (C=O) groups is 8. The molecule has 12 N–H and O–H groups in total. The zero-order valence-electron chi connectivity index (χ0n) is 33.2. The van der Waals surface area contributed by atoms with Crippen molar-refractivity contribution in [3.8, 4) is 0 Å². The van der Waals surface area contributed by atoms with E-state index in [0.29, 0.717) is 21.4 Å². The quantitative estimate of drug-likeness (QED) is 0.0338. The highest BCUT2D eigenvalue weighted by atomic mass is 32.2. The van der Waals surface area contributed by atoms with Gasteiger partial charge >= 0.3 is 23.9 Å². The Balaban J connectivity index is 2.38. The highest BCUT2D eigenvalue weighted by molar-refractivity contribution is 8.00. The topological polar surface area (TPSA) is 369 Å². The third-order valence-electron chi connectivity index (χ3n) is 8.32. The van der Waals surface area contributed by atoms with Crippen LogP contribution in [0, 0.1) is 0 Å². The van der Waals surface area contributed by atoms with Crippen molar-refractivity contribution in [1.82, 2.24) is 41.2 Å². The number of rotatable bonds is 31. The standard InChI is InChI=1S/C35H50N10O12S4/c1-58-28-12-39-21(10-41-28)25(60-16-23(32(52)43-14-30(48)49)38-7-3-4-19(36)34(54)55)8-18(46)9-26(22-11-42-29(59-2)13-40-22)61-17-24(33(53)44-15-31(50)51)45-27(47)6-5-20(37)35(56)57/h10-13,19-20,23-26,38H,3-9,14-17,36-37H2,1-2H3,(H,43,52)(H,44,53)(H,45,47)(H,48,49)(H,50,51)(H,54,55)(H,56,57). The molecule has 0 radical (unpaired) electrons.